The molecule has 0 fully saturated rings. The number of aliphatic hydroxyl groups excluding tert-OH is 1. The fraction of sp³-hybridized carbons (Fsp3) is 0.357. The molecular weight excluding hydrogens is 575 g/mol. The number of allylic oxidation sites excluding steroid dienone is 2. The summed E-state index contributed by atoms with van der Waals surface area (Å²) in [4.78, 5) is 16.0. The van der Waals surface area contributed by atoms with Crippen molar-refractivity contribution in [2.24, 2.45) is 10.8 Å². The molecule has 173 valence electrons. The van der Waals surface area contributed by atoms with E-state index in [1.165, 1.54) is 28.0 Å². The number of nitrogens with zero attached hydrogens (tertiary/aromatic N) is 1. The molecule has 0 aliphatic carbocycles. The molecule has 4 heteroatoms. The van der Waals surface area contributed by atoms with Crippen molar-refractivity contribution in [3.8, 4) is 11.3 Å². The first-order valence-corrected chi connectivity index (χ1v) is 10.6. The zero-order valence-electron chi connectivity index (χ0n) is 20.3. The monoisotopic (exact) mass is 609 g/mol. The molecule has 1 radical (unpaired) electrons. The largest absolute Gasteiger partial charge is 0.512 e. The topological polar surface area (TPSA) is 50.2 Å². The Morgan fingerprint density at radius 3 is 2.09 bits per heavy atom. The van der Waals surface area contributed by atoms with Crippen LogP contribution in [0.15, 0.2) is 60.5 Å². The van der Waals surface area contributed by atoms with Crippen molar-refractivity contribution in [3.05, 3.63) is 77.7 Å². The number of hydrogen-bond donors (Lipinski definition) is 1. The standard InChI is InChI=1S/C17H14N.C11H20O2.Ir/c1-12-3-7-15(8-4-12)17-16-11-13(2)5-6-14(16)9-10-18-17;1-10(2,3)8(12)7-9(13)11(4,5)6;/h3-7,9-11H,1-2H3;7,12H,1-6H3;/q-1;;/b;8-7-;. The number of aliphatic hydroxyl groups is 1. The van der Waals surface area contributed by atoms with Crippen molar-refractivity contribution in [3.63, 3.8) is 0 Å². The van der Waals surface area contributed by atoms with Gasteiger partial charge in [0.25, 0.3) is 0 Å². The number of carbonyl (C=O) groups excluding carboxylic acids is 1. The maximum atomic E-state index is 11.5. The minimum atomic E-state index is -0.417. The Kier molecular flexibility index (Phi) is 9.56. The first-order chi connectivity index (χ1) is 14.3. The van der Waals surface area contributed by atoms with Gasteiger partial charge in [-0.1, -0.05) is 72.2 Å². The Hall–Kier alpha value is -2.29. The third kappa shape index (κ3) is 7.69. The molecule has 0 atom stereocenters. The van der Waals surface area contributed by atoms with Crippen LogP contribution in [0.4, 0.5) is 0 Å². The molecule has 0 amide bonds. The smallest absolute Gasteiger partial charge is 0.164 e. The van der Waals surface area contributed by atoms with Gasteiger partial charge in [0, 0.05) is 43.2 Å². The van der Waals surface area contributed by atoms with E-state index in [2.05, 4.69) is 55.2 Å². The van der Waals surface area contributed by atoms with Gasteiger partial charge in [-0.2, -0.15) is 0 Å². The number of aromatic nitrogens is 1. The average molecular weight is 609 g/mol. The molecule has 0 spiro atoms. The fourth-order valence-corrected chi connectivity index (χ4v) is 2.70. The van der Waals surface area contributed by atoms with Crippen LogP contribution in [0.5, 0.6) is 0 Å². The summed E-state index contributed by atoms with van der Waals surface area (Å²) in [5.41, 5.74) is 3.77. The Bertz CT molecular complexity index is 1090. The van der Waals surface area contributed by atoms with Crippen molar-refractivity contribution in [2.75, 3.05) is 0 Å². The Morgan fingerprint density at radius 2 is 1.56 bits per heavy atom. The van der Waals surface area contributed by atoms with E-state index in [1.807, 2.05) is 59.9 Å². The van der Waals surface area contributed by atoms with Crippen molar-refractivity contribution in [1.29, 1.82) is 0 Å². The SMILES string of the molecule is CC(C)(C)C(=O)/C=C(\O)C(C)(C)C.Cc1c[c-]c(-c2nccc3ccc(C)cc23)cc1.[Ir]. The minimum absolute atomic E-state index is 0. The molecule has 0 saturated heterocycles. The van der Waals surface area contributed by atoms with Gasteiger partial charge in [0.1, 0.15) is 5.76 Å². The molecule has 0 aliphatic rings. The quantitative estimate of drug-likeness (QED) is 0.187. The maximum absolute atomic E-state index is 11.5. The summed E-state index contributed by atoms with van der Waals surface area (Å²) < 4.78 is 0. The van der Waals surface area contributed by atoms with Crippen LogP contribution in [-0.2, 0) is 24.9 Å². The second-order valence-electron chi connectivity index (χ2n) is 10.1. The molecule has 3 nitrogen and oxygen atoms in total. The van der Waals surface area contributed by atoms with Gasteiger partial charge >= 0.3 is 0 Å². The van der Waals surface area contributed by atoms with Gasteiger partial charge in [0.15, 0.2) is 5.78 Å². The van der Waals surface area contributed by atoms with Gasteiger partial charge in [0.2, 0.25) is 0 Å². The predicted octanol–water partition coefficient (Wildman–Crippen LogP) is 7.41. The van der Waals surface area contributed by atoms with Crippen LogP contribution < -0.4 is 0 Å². The summed E-state index contributed by atoms with van der Waals surface area (Å²) in [7, 11) is 0. The molecule has 0 aliphatic heterocycles. The third-order valence-corrected chi connectivity index (χ3v) is 4.92. The van der Waals surface area contributed by atoms with Crippen LogP contribution in [0.1, 0.15) is 52.7 Å². The minimum Gasteiger partial charge on any atom is -0.512 e. The van der Waals surface area contributed by atoms with E-state index >= 15 is 0 Å². The Labute approximate surface area is 206 Å². The normalized spacial score (nSPS) is 11.9. The molecule has 1 heterocycles. The molecule has 0 saturated carbocycles. The third-order valence-electron chi connectivity index (χ3n) is 4.92. The number of benzene rings is 2. The molecule has 0 unspecified atom stereocenters. The molecule has 1 aromatic heterocycles. The summed E-state index contributed by atoms with van der Waals surface area (Å²) in [6.07, 6.45) is 3.20. The Balaban J connectivity index is 0.000000330. The molecule has 3 aromatic rings. The zero-order valence-corrected chi connectivity index (χ0v) is 22.7. The van der Waals surface area contributed by atoms with Crippen molar-refractivity contribution >= 4 is 16.6 Å². The molecule has 1 N–H and O–H groups in total. The van der Waals surface area contributed by atoms with E-state index in [0.717, 1.165) is 11.3 Å². The van der Waals surface area contributed by atoms with E-state index in [4.69, 9.17) is 0 Å². The van der Waals surface area contributed by atoms with Crippen LogP contribution >= 0.6 is 0 Å². The van der Waals surface area contributed by atoms with E-state index in [1.54, 1.807) is 0 Å². The summed E-state index contributed by atoms with van der Waals surface area (Å²) in [6, 6.07) is 18.0. The van der Waals surface area contributed by atoms with Crippen molar-refractivity contribution < 1.29 is 30.0 Å². The van der Waals surface area contributed by atoms with Crippen LogP contribution in [0.3, 0.4) is 0 Å². The summed E-state index contributed by atoms with van der Waals surface area (Å²) in [5.74, 6) is 0.104. The summed E-state index contributed by atoms with van der Waals surface area (Å²) >= 11 is 0. The van der Waals surface area contributed by atoms with E-state index in [9.17, 15) is 9.90 Å². The summed E-state index contributed by atoms with van der Waals surface area (Å²) in [6.45, 7) is 15.3. The molecule has 3 rings (SSSR count). The van der Waals surface area contributed by atoms with E-state index in [0.29, 0.717) is 0 Å². The second-order valence-corrected chi connectivity index (χ2v) is 10.1. The average Bonchev–Trinajstić information content (AvgIpc) is 2.67. The first kappa shape index (κ1) is 27.7. The number of fused-ring (bicyclic) bond motifs is 1. The number of rotatable bonds is 2. The van der Waals surface area contributed by atoms with Crippen LogP contribution in [0.2, 0.25) is 0 Å². The fourth-order valence-electron chi connectivity index (χ4n) is 2.70. The van der Waals surface area contributed by atoms with E-state index < -0.39 is 5.41 Å². The van der Waals surface area contributed by atoms with E-state index in [-0.39, 0.29) is 37.1 Å². The molecule has 2 aromatic carbocycles. The van der Waals surface area contributed by atoms with Gasteiger partial charge in [-0.25, -0.2) is 0 Å². The Morgan fingerprint density at radius 1 is 0.938 bits per heavy atom. The van der Waals surface area contributed by atoms with Crippen LogP contribution in [-0.4, -0.2) is 15.9 Å². The first-order valence-electron chi connectivity index (χ1n) is 10.6. The molecule has 32 heavy (non-hydrogen) atoms. The summed E-state index contributed by atoms with van der Waals surface area (Å²) in [5, 5.41) is 12.0. The van der Waals surface area contributed by atoms with Gasteiger partial charge in [-0.3, -0.25) is 4.79 Å². The zero-order chi connectivity index (χ0) is 23.4. The number of pyridine rings is 1. The number of hydrogen-bond acceptors (Lipinski definition) is 3. The van der Waals surface area contributed by atoms with Crippen LogP contribution in [0, 0.1) is 30.7 Å². The van der Waals surface area contributed by atoms with Gasteiger partial charge in [0.05, 0.1) is 0 Å². The number of carbonyl (C=O) groups is 1. The van der Waals surface area contributed by atoms with Crippen molar-refractivity contribution in [2.45, 2.75) is 55.4 Å². The molecular formula is C28H34IrNO2-. The molecule has 0 bridgehead atoms. The van der Waals surface area contributed by atoms with Gasteiger partial charge in [-0.15, -0.1) is 35.4 Å². The van der Waals surface area contributed by atoms with Gasteiger partial charge < -0.3 is 10.1 Å². The second kappa shape index (κ2) is 11.0. The maximum Gasteiger partial charge on any atom is 0.164 e. The van der Waals surface area contributed by atoms with Crippen molar-refractivity contribution in [1.82, 2.24) is 4.98 Å². The van der Waals surface area contributed by atoms with Crippen LogP contribution in [0.25, 0.3) is 22.0 Å². The van der Waals surface area contributed by atoms with Gasteiger partial charge in [-0.05, 0) is 29.5 Å². The number of ketones is 1. The predicted molar refractivity (Wildman–Crippen MR) is 130 cm³/mol. The number of aryl methyl sites for hydroxylation is 2.